The van der Waals surface area contributed by atoms with Crippen molar-refractivity contribution in [2.45, 2.75) is 32.8 Å². The maximum absolute atomic E-state index is 12.9. The topological polar surface area (TPSA) is 79.0 Å². The summed E-state index contributed by atoms with van der Waals surface area (Å²) in [6.45, 7) is 6.14. The van der Waals surface area contributed by atoms with Crippen LogP contribution >= 0.6 is 23.2 Å². The van der Waals surface area contributed by atoms with Crippen LogP contribution in [0.3, 0.4) is 0 Å². The number of pyridine rings is 1. The molecule has 161 valence electrons. The number of nitrogens with zero attached hydrogens (tertiary/aromatic N) is 1. The number of H-pyrrole nitrogens is 1. The first-order valence-corrected chi connectivity index (χ1v) is 10.7. The third-order valence-corrected chi connectivity index (χ3v) is 5.05. The maximum Gasteiger partial charge on any atom is 0.289 e. The Balaban J connectivity index is 1.80. The van der Waals surface area contributed by atoms with Crippen LogP contribution in [0.4, 0.5) is 5.82 Å². The molecule has 0 aliphatic rings. The van der Waals surface area contributed by atoms with Crippen LogP contribution in [0.5, 0.6) is 0 Å². The fourth-order valence-electron chi connectivity index (χ4n) is 3.09. The number of hydrogen-bond donors (Lipinski definition) is 3. The predicted molar refractivity (Wildman–Crippen MR) is 127 cm³/mol. The minimum Gasteiger partial charge on any atom is -0.438 e. The Morgan fingerprint density at radius 2 is 2.06 bits per heavy atom. The second-order valence-electron chi connectivity index (χ2n) is 7.30. The fraction of sp³-hybridized carbons (Fsp3) is 0.273. The molecule has 3 aromatic rings. The van der Waals surface area contributed by atoms with Crippen LogP contribution in [0.15, 0.2) is 48.8 Å². The van der Waals surface area contributed by atoms with E-state index in [1.165, 1.54) is 0 Å². The number of halogens is 2. The lowest BCUT2D eigenvalue weighted by Gasteiger charge is -2.19. The van der Waals surface area contributed by atoms with Gasteiger partial charge in [0, 0.05) is 34.6 Å². The summed E-state index contributed by atoms with van der Waals surface area (Å²) in [4.78, 5) is 20.2. The fourth-order valence-corrected chi connectivity index (χ4v) is 3.50. The summed E-state index contributed by atoms with van der Waals surface area (Å²) in [5.41, 5.74) is 2.84. The van der Waals surface area contributed by atoms with E-state index >= 15 is 0 Å². The predicted octanol–water partition coefficient (Wildman–Crippen LogP) is 5.36. The molecular formula is C22H24BCl2N4O2. The van der Waals surface area contributed by atoms with Gasteiger partial charge < -0.3 is 20.3 Å². The summed E-state index contributed by atoms with van der Waals surface area (Å²) in [7, 11) is 1.59. The molecule has 0 aliphatic carbocycles. The van der Waals surface area contributed by atoms with E-state index in [4.69, 9.17) is 27.9 Å². The van der Waals surface area contributed by atoms with Crippen LogP contribution in [-0.2, 0) is 4.65 Å². The largest absolute Gasteiger partial charge is 0.438 e. The van der Waals surface area contributed by atoms with Crippen molar-refractivity contribution in [1.82, 2.24) is 15.3 Å². The molecule has 1 amide bonds. The van der Waals surface area contributed by atoms with Gasteiger partial charge in [-0.05, 0) is 43.7 Å². The molecule has 0 bridgehead atoms. The Kier molecular flexibility index (Phi) is 8.01. The molecule has 2 aromatic heterocycles. The monoisotopic (exact) mass is 457 g/mol. The molecule has 1 atom stereocenters. The average Bonchev–Trinajstić information content (AvgIpc) is 3.22. The van der Waals surface area contributed by atoms with Crippen LogP contribution in [0, 0.1) is 0 Å². The van der Waals surface area contributed by atoms with Crippen molar-refractivity contribution >= 4 is 42.4 Å². The summed E-state index contributed by atoms with van der Waals surface area (Å²) in [6.07, 6.45) is 3.35. The van der Waals surface area contributed by atoms with Gasteiger partial charge in [0.1, 0.15) is 11.5 Å². The van der Waals surface area contributed by atoms with Gasteiger partial charge in [0.25, 0.3) is 13.4 Å². The molecule has 1 aromatic carbocycles. The van der Waals surface area contributed by atoms with Gasteiger partial charge in [0.05, 0.1) is 17.7 Å². The zero-order chi connectivity index (χ0) is 22.4. The van der Waals surface area contributed by atoms with Crippen molar-refractivity contribution in [1.29, 1.82) is 0 Å². The van der Waals surface area contributed by atoms with Crippen molar-refractivity contribution in [3.05, 3.63) is 70.1 Å². The zero-order valence-corrected chi connectivity index (χ0v) is 19.1. The lowest BCUT2D eigenvalue weighted by atomic mass is 10.0. The van der Waals surface area contributed by atoms with Gasteiger partial charge in [0.15, 0.2) is 0 Å². The third kappa shape index (κ3) is 6.26. The standard InChI is InChI=1S/C22H24BCl2N4O2/c1-13(2)28-21-9-17(18(25)11-27-21)15-8-19(26-10-15)22(30)29-20(12-31-23-3)14-5-4-6-16(24)7-14/h4-11,13,20,26H,12H2,1-3H3,(H,27,28)(H,29,30)/t20-/m1/s1. The second kappa shape index (κ2) is 10.7. The number of amides is 1. The van der Waals surface area contributed by atoms with Crippen LogP contribution in [0.25, 0.3) is 11.1 Å². The van der Waals surface area contributed by atoms with E-state index in [1.54, 1.807) is 38.8 Å². The molecule has 1 radical (unpaired) electrons. The summed E-state index contributed by atoms with van der Waals surface area (Å²) in [5, 5.41) is 7.35. The number of nitrogens with one attached hydrogen (secondary N) is 3. The highest BCUT2D eigenvalue weighted by Gasteiger charge is 2.18. The Morgan fingerprint density at radius 3 is 2.77 bits per heavy atom. The van der Waals surface area contributed by atoms with E-state index in [1.807, 2.05) is 38.1 Å². The third-order valence-electron chi connectivity index (χ3n) is 4.52. The quantitative estimate of drug-likeness (QED) is 0.378. The zero-order valence-electron chi connectivity index (χ0n) is 17.6. The lowest BCUT2D eigenvalue weighted by molar-refractivity contribution is 0.0917. The van der Waals surface area contributed by atoms with Gasteiger partial charge in [-0.3, -0.25) is 4.79 Å². The number of carbonyl (C=O) groups excluding carboxylic acids is 1. The SMILES string of the molecule is C[B]OC[C@@H](NC(=O)c1cc(-c2cc(NC(C)C)ncc2Cl)c[nH]1)c1cccc(Cl)c1. The van der Waals surface area contributed by atoms with Crippen molar-refractivity contribution in [3.63, 3.8) is 0 Å². The van der Waals surface area contributed by atoms with E-state index in [2.05, 4.69) is 20.6 Å². The van der Waals surface area contributed by atoms with Crippen LogP contribution < -0.4 is 10.6 Å². The second-order valence-corrected chi connectivity index (χ2v) is 8.14. The molecule has 0 saturated heterocycles. The first-order valence-electron chi connectivity index (χ1n) is 9.94. The summed E-state index contributed by atoms with van der Waals surface area (Å²) in [5.74, 6) is 0.456. The van der Waals surface area contributed by atoms with E-state index < -0.39 is 0 Å². The first kappa shape index (κ1) is 23.2. The van der Waals surface area contributed by atoms with E-state index in [0.29, 0.717) is 15.7 Å². The van der Waals surface area contributed by atoms with Gasteiger partial charge in [0.2, 0.25) is 0 Å². The van der Waals surface area contributed by atoms with Gasteiger partial charge in [-0.1, -0.05) is 42.2 Å². The Labute approximate surface area is 193 Å². The van der Waals surface area contributed by atoms with Crippen molar-refractivity contribution in [2.24, 2.45) is 0 Å². The number of aromatic amines is 1. The number of aromatic nitrogens is 2. The minimum atomic E-state index is -0.361. The van der Waals surface area contributed by atoms with E-state index in [-0.39, 0.29) is 24.6 Å². The first-order chi connectivity index (χ1) is 14.9. The number of rotatable bonds is 9. The minimum absolute atomic E-state index is 0.236. The van der Waals surface area contributed by atoms with Crippen LogP contribution in [0.1, 0.15) is 35.9 Å². The van der Waals surface area contributed by atoms with E-state index in [9.17, 15) is 4.79 Å². The Hall–Kier alpha value is -2.48. The molecule has 2 heterocycles. The summed E-state index contributed by atoms with van der Waals surface area (Å²) in [6, 6.07) is 10.8. The molecule has 3 rings (SSSR count). The molecule has 9 heteroatoms. The molecule has 3 N–H and O–H groups in total. The summed E-state index contributed by atoms with van der Waals surface area (Å²) >= 11 is 12.5. The molecular weight excluding hydrogens is 434 g/mol. The highest BCUT2D eigenvalue weighted by molar-refractivity contribution is 6.33. The Morgan fingerprint density at radius 1 is 1.26 bits per heavy atom. The molecule has 0 fully saturated rings. The normalized spacial score (nSPS) is 11.9. The van der Waals surface area contributed by atoms with Crippen molar-refractivity contribution in [3.8, 4) is 11.1 Å². The molecule has 0 saturated carbocycles. The van der Waals surface area contributed by atoms with Gasteiger partial charge in [-0.2, -0.15) is 0 Å². The van der Waals surface area contributed by atoms with Crippen LogP contribution in [-0.4, -0.2) is 36.0 Å². The Bertz CT molecular complexity index is 1040. The maximum atomic E-state index is 12.9. The molecule has 31 heavy (non-hydrogen) atoms. The van der Waals surface area contributed by atoms with Crippen molar-refractivity contribution in [2.75, 3.05) is 11.9 Å². The van der Waals surface area contributed by atoms with Crippen molar-refractivity contribution < 1.29 is 9.45 Å². The van der Waals surface area contributed by atoms with Crippen LogP contribution in [0.2, 0.25) is 16.9 Å². The lowest BCUT2D eigenvalue weighted by Crippen LogP contribution is -2.32. The number of carbonyl (C=O) groups is 1. The van der Waals surface area contributed by atoms with Gasteiger partial charge in [-0.25, -0.2) is 4.98 Å². The summed E-state index contributed by atoms with van der Waals surface area (Å²) < 4.78 is 5.44. The van der Waals surface area contributed by atoms with Gasteiger partial charge >= 0.3 is 0 Å². The number of benzene rings is 1. The molecule has 0 spiro atoms. The van der Waals surface area contributed by atoms with E-state index in [0.717, 1.165) is 22.5 Å². The highest BCUT2D eigenvalue weighted by atomic mass is 35.5. The molecule has 0 aliphatic heterocycles. The molecule has 0 unspecified atom stereocenters. The molecule has 6 nitrogen and oxygen atoms in total. The number of hydrogen-bond acceptors (Lipinski definition) is 4. The van der Waals surface area contributed by atoms with Gasteiger partial charge in [-0.15, -0.1) is 0 Å². The smallest absolute Gasteiger partial charge is 0.289 e. The average molecular weight is 458 g/mol. The highest BCUT2D eigenvalue weighted by Crippen LogP contribution is 2.30. The number of anilines is 1.